The predicted molar refractivity (Wildman–Crippen MR) is 143 cm³/mol. The van der Waals surface area contributed by atoms with E-state index in [1.54, 1.807) is 25.1 Å². The van der Waals surface area contributed by atoms with Crippen LogP contribution in [0.5, 0.6) is 0 Å². The molecule has 1 aliphatic rings. The van der Waals surface area contributed by atoms with Crippen LogP contribution < -0.4 is 16.0 Å². The number of amides is 3. The lowest BCUT2D eigenvalue weighted by molar-refractivity contribution is -0.131. The van der Waals surface area contributed by atoms with E-state index in [0.717, 1.165) is 34.6 Å². The van der Waals surface area contributed by atoms with E-state index in [4.69, 9.17) is 5.73 Å². The maximum Gasteiger partial charge on any atom is 0.256 e. The minimum Gasteiger partial charge on any atom is -0.398 e. The van der Waals surface area contributed by atoms with Gasteiger partial charge < -0.3 is 11.1 Å². The fraction of sp³-hybridized carbons (Fsp3) is 0.300. The second-order valence-corrected chi connectivity index (χ2v) is 9.86. The highest BCUT2D eigenvalue weighted by Crippen LogP contribution is 2.44. The van der Waals surface area contributed by atoms with Gasteiger partial charge in [-0.1, -0.05) is 56.7 Å². The van der Waals surface area contributed by atoms with E-state index in [0.29, 0.717) is 23.4 Å². The summed E-state index contributed by atoms with van der Waals surface area (Å²) in [5.41, 5.74) is 9.55. The first-order chi connectivity index (χ1) is 18.1. The van der Waals surface area contributed by atoms with Gasteiger partial charge in [-0.2, -0.15) is 0 Å². The zero-order valence-electron chi connectivity index (χ0n) is 21.6. The monoisotopic (exact) mass is 519 g/mol. The molecule has 0 bridgehead atoms. The third-order valence-electron chi connectivity index (χ3n) is 7.14. The second kappa shape index (κ2) is 11.1. The molecule has 3 aromatic rings. The van der Waals surface area contributed by atoms with Gasteiger partial charge in [0.25, 0.3) is 5.91 Å². The molecular weight excluding hydrogens is 488 g/mol. The lowest BCUT2D eigenvalue weighted by Crippen LogP contribution is -2.52. The SMILES string of the molecule is CCC(C)C[C@H](NC(=O)Cc1ccc(F)c(F)c1)C(=O)N1C(=O)C(C)c2ccccc2-c2c(N)cccc21. The van der Waals surface area contributed by atoms with Crippen LogP contribution in [0.25, 0.3) is 11.1 Å². The van der Waals surface area contributed by atoms with Gasteiger partial charge in [0.2, 0.25) is 11.8 Å². The van der Waals surface area contributed by atoms with E-state index in [1.807, 2.05) is 38.1 Å². The number of fused-ring (bicyclic) bond motifs is 3. The van der Waals surface area contributed by atoms with Crippen LogP contribution in [-0.4, -0.2) is 23.8 Å². The van der Waals surface area contributed by atoms with E-state index in [1.165, 1.54) is 6.07 Å². The first-order valence-corrected chi connectivity index (χ1v) is 12.7. The van der Waals surface area contributed by atoms with Gasteiger partial charge in [-0.25, -0.2) is 13.7 Å². The van der Waals surface area contributed by atoms with Crippen LogP contribution >= 0.6 is 0 Å². The van der Waals surface area contributed by atoms with Gasteiger partial charge in [0.15, 0.2) is 11.6 Å². The largest absolute Gasteiger partial charge is 0.398 e. The quantitative estimate of drug-likeness (QED) is 0.412. The number of benzene rings is 3. The van der Waals surface area contributed by atoms with Gasteiger partial charge >= 0.3 is 0 Å². The number of halogens is 2. The van der Waals surface area contributed by atoms with Crippen molar-refractivity contribution in [2.45, 2.75) is 52.0 Å². The molecule has 6 nitrogen and oxygen atoms in total. The molecule has 0 saturated carbocycles. The van der Waals surface area contributed by atoms with Gasteiger partial charge in [0, 0.05) is 11.3 Å². The Morgan fingerprint density at radius 3 is 2.50 bits per heavy atom. The average Bonchev–Trinajstić information content (AvgIpc) is 2.98. The number of hydrogen-bond donors (Lipinski definition) is 2. The molecule has 8 heteroatoms. The van der Waals surface area contributed by atoms with Crippen LogP contribution in [0.4, 0.5) is 20.2 Å². The predicted octanol–water partition coefficient (Wildman–Crippen LogP) is 5.35. The Kier molecular flexibility index (Phi) is 7.90. The molecule has 3 N–H and O–H groups in total. The van der Waals surface area contributed by atoms with Gasteiger partial charge in [0.1, 0.15) is 6.04 Å². The summed E-state index contributed by atoms with van der Waals surface area (Å²) in [4.78, 5) is 42.0. The fourth-order valence-electron chi connectivity index (χ4n) is 4.84. The highest BCUT2D eigenvalue weighted by Gasteiger charge is 2.39. The van der Waals surface area contributed by atoms with Crippen molar-refractivity contribution < 1.29 is 23.2 Å². The molecule has 4 rings (SSSR count). The molecule has 3 amide bonds. The summed E-state index contributed by atoms with van der Waals surface area (Å²) >= 11 is 0. The van der Waals surface area contributed by atoms with Crippen LogP contribution in [0.3, 0.4) is 0 Å². The first kappa shape index (κ1) is 27.0. The molecule has 3 aromatic carbocycles. The first-order valence-electron chi connectivity index (χ1n) is 12.7. The van der Waals surface area contributed by atoms with Crippen molar-refractivity contribution in [1.82, 2.24) is 5.32 Å². The highest BCUT2D eigenvalue weighted by atomic mass is 19.2. The van der Waals surface area contributed by atoms with E-state index < -0.39 is 41.3 Å². The van der Waals surface area contributed by atoms with Crippen LogP contribution in [0, 0.1) is 17.6 Å². The molecule has 198 valence electrons. The molecule has 0 saturated heterocycles. The summed E-state index contributed by atoms with van der Waals surface area (Å²) in [6.45, 7) is 5.67. The van der Waals surface area contributed by atoms with Crippen molar-refractivity contribution in [1.29, 1.82) is 0 Å². The number of carbonyl (C=O) groups is 3. The lowest BCUT2D eigenvalue weighted by atomic mass is 9.92. The maximum atomic E-state index is 14.1. The third-order valence-corrected chi connectivity index (χ3v) is 7.14. The molecule has 1 heterocycles. The van der Waals surface area contributed by atoms with Crippen LogP contribution in [0.2, 0.25) is 0 Å². The van der Waals surface area contributed by atoms with Gasteiger partial charge in [0.05, 0.1) is 18.0 Å². The van der Waals surface area contributed by atoms with Crippen molar-refractivity contribution in [2.75, 3.05) is 10.6 Å². The smallest absolute Gasteiger partial charge is 0.256 e. The van der Waals surface area contributed by atoms with Crippen LogP contribution in [0.1, 0.15) is 50.7 Å². The maximum absolute atomic E-state index is 14.1. The zero-order chi connectivity index (χ0) is 27.6. The Labute approximate surface area is 220 Å². The Morgan fingerprint density at radius 1 is 1.05 bits per heavy atom. The van der Waals surface area contributed by atoms with Crippen LogP contribution in [0.15, 0.2) is 60.7 Å². The van der Waals surface area contributed by atoms with E-state index in [-0.39, 0.29) is 17.9 Å². The molecule has 0 spiro atoms. The standard InChI is InChI=1S/C30H31F2N3O3/c1-4-17(2)14-25(34-27(36)16-19-12-13-22(31)23(32)15-19)30(38)35-26-11-7-10-24(33)28(26)21-9-6-5-8-20(21)18(3)29(35)37/h5-13,15,17-18,25H,4,14,16,33H2,1-3H3,(H,34,36)/t17?,18?,25-/m0/s1. The molecule has 2 unspecified atom stereocenters. The van der Waals surface area contributed by atoms with Crippen molar-refractivity contribution >= 4 is 29.1 Å². The Hall–Kier alpha value is -4.07. The molecule has 0 aromatic heterocycles. The number of nitrogens with zero attached hydrogens (tertiary/aromatic N) is 1. The topological polar surface area (TPSA) is 92.5 Å². The van der Waals surface area contributed by atoms with Crippen LogP contribution in [-0.2, 0) is 20.8 Å². The van der Waals surface area contributed by atoms with Gasteiger partial charge in [-0.15, -0.1) is 0 Å². The van der Waals surface area contributed by atoms with Gasteiger partial charge in [-0.3, -0.25) is 14.4 Å². The Balaban J connectivity index is 1.71. The molecule has 0 radical (unpaired) electrons. The molecule has 38 heavy (non-hydrogen) atoms. The molecular formula is C30H31F2N3O3. The Bertz CT molecular complexity index is 1390. The molecule has 0 fully saturated rings. The summed E-state index contributed by atoms with van der Waals surface area (Å²) in [7, 11) is 0. The van der Waals surface area contributed by atoms with Gasteiger partial charge in [-0.05, 0) is 60.2 Å². The lowest BCUT2D eigenvalue weighted by Gasteiger charge is -2.29. The number of hydrogen-bond acceptors (Lipinski definition) is 4. The number of nitrogens with two attached hydrogens (primary N) is 1. The van der Waals surface area contributed by atoms with E-state index in [2.05, 4.69) is 5.32 Å². The van der Waals surface area contributed by atoms with Crippen molar-refractivity contribution in [3.8, 4) is 11.1 Å². The highest BCUT2D eigenvalue weighted by molar-refractivity contribution is 6.22. The van der Waals surface area contributed by atoms with E-state index in [9.17, 15) is 23.2 Å². The molecule has 0 aliphatic carbocycles. The number of nitrogens with one attached hydrogen (secondary N) is 1. The van der Waals surface area contributed by atoms with Crippen molar-refractivity contribution in [3.05, 3.63) is 83.4 Å². The number of anilines is 2. The fourth-order valence-corrected chi connectivity index (χ4v) is 4.84. The average molecular weight is 520 g/mol. The molecule has 3 atom stereocenters. The Morgan fingerprint density at radius 2 is 1.79 bits per heavy atom. The summed E-state index contributed by atoms with van der Waals surface area (Å²) in [5, 5.41) is 2.75. The normalized spacial score (nSPS) is 16.2. The number of carbonyl (C=O) groups excluding carboxylic acids is 3. The minimum atomic E-state index is -1.06. The number of nitrogen functional groups attached to an aromatic ring is 1. The van der Waals surface area contributed by atoms with Crippen molar-refractivity contribution in [3.63, 3.8) is 0 Å². The minimum absolute atomic E-state index is 0.0597. The zero-order valence-corrected chi connectivity index (χ0v) is 21.6. The second-order valence-electron chi connectivity index (χ2n) is 9.86. The van der Waals surface area contributed by atoms with E-state index >= 15 is 0 Å². The number of imide groups is 1. The molecule has 1 aliphatic heterocycles. The summed E-state index contributed by atoms with van der Waals surface area (Å²) < 4.78 is 27.0. The third kappa shape index (κ3) is 5.30. The summed E-state index contributed by atoms with van der Waals surface area (Å²) in [6.07, 6.45) is 0.796. The summed E-state index contributed by atoms with van der Waals surface area (Å²) in [5.74, 6) is -4.17. The van der Waals surface area contributed by atoms with Crippen molar-refractivity contribution in [2.24, 2.45) is 5.92 Å². The number of rotatable bonds is 7. The summed E-state index contributed by atoms with van der Waals surface area (Å²) in [6, 6.07) is 14.7.